The molecule has 0 amide bonds. The number of benzene rings is 1. The lowest BCUT2D eigenvalue weighted by atomic mass is 9.95. The molecule has 37 heavy (non-hydrogen) atoms. The van der Waals surface area contributed by atoms with E-state index in [2.05, 4.69) is 45.3 Å². The number of likely N-dealkylation sites (tertiary alicyclic amines) is 1. The maximum atomic E-state index is 13.6. The van der Waals surface area contributed by atoms with Crippen LogP contribution in [0.1, 0.15) is 30.1 Å². The lowest BCUT2D eigenvalue weighted by Crippen LogP contribution is -2.45. The van der Waals surface area contributed by atoms with Crippen LogP contribution >= 0.6 is 11.6 Å². The van der Waals surface area contributed by atoms with Gasteiger partial charge in [-0.05, 0) is 50.2 Å². The highest BCUT2D eigenvalue weighted by atomic mass is 35.5. The van der Waals surface area contributed by atoms with Gasteiger partial charge in [0.25, 0.3) is 5.56 Å². The first-order chi connectivity index (χ1) is 17.7. The molecule has 1 saturated heterocycles. The Morgan fingerprint density at radius 1 is 1.14 bits per heavy atom. The summed E-state index contributed by atoms with van der Waals surface area (Å²) in [6.07, 6.45) is 3.53. The molecule has 190 valence electrons. The second kappa shape index (κ2) is 8.67. The van der Waals surface area contributed by atoms with E-state index in [0.717, 1.165) is 46.3 Å². The van der Waals surface area contributed by atoms with E-state index in [4.69, 9.17) is 16.7 Å². The average molecular weight is 518 g/mol. The molecule has 1 N–H and O–H groups in total. The van der Waals surface area contributed by atoms with E-state index in [1.165, 1.54) is 0 Å². The van der Waals surface area contributed by atoms with Gasteiger partial charge in [-0.15, -0.1) is 5.10 Å². The predicted octanol–water partition coefficient (Wildman–Crippen LogP) is 3.70. The quantitative estimate of drug-likeness (QED) is 0.355. The van der Waals surface area contributed by atoms with Crippen molar-refractivity contribution in [2.24, 2.45) is 14.1 Å². The highest BCUT2D eigenvalue weighted by Crippen LogP contribution is 2.35. The van der Waals surface area contributed by atoms with Gasteiger partial charge in [-0.2, -0.15) is 5.10 Å². The van der Waals surface area contributed by atoms with Gasteiger partial charge < -0.3 is 10.2 Å². The molecule has 5 heterocycles. The van der Waals surface area contributed by atoms with Crippen molar-refractivity contribution in [1.82, 2.24) is 39.0 Å². The molecule has 1 atom stereocenters. The van der Waals surface area contributed by atoms with E-state index in [0.29, 0.717) is 22.1 Å². The number of aromatic nitrogens is 7. The maximum Gasteiger partial charge on any atom is 0.259 e. The van der Waals surface area contributed by atoms with Gasteiger partial charge in [0.05, 0.1) is 17.9 Å². The predicted molar refractivity (Wildman–Crippen MR) is 145 cm³/mol. The SMILES string of the molecule is Cc1cc(C(C)Nc2ccc(Cl)nc2-c2ncn(C)n2)c2c(c1)c(=O)n(C)c1c2cnn1C1CN(C)C1. The fraction of sp³-hybridized carbons (Fsp3) is 0.346. The summed E-state index contributed by atoms with van der Waals surface area (Å²) in [5.41, 5.74) is 4.17. The van der Waals surface area contributed by atoms with Crippen LogP contribution in [-0.2, 0) is 14.1 Å². The van der Waals surface area contributed by atoms with Gasteiger partial charge in [0.1, 0.15) is 22.8 Å². The normalized spacial score (nSPS) is 15.4. The van der Waals surface area contributed by atoms with Crippen molar-refractivity contribution in [2.45, 2.75) is 25.9 Å². The first-order valence-corrected chi connectivity index (χ1v) is 12.6. The molecule has 1 aromatic carbocycles. The topological polar surface area (TPSA) is 98.7 Å². The van der Waals surface area contributed by atoms with E-state index in [1.807, 2.05) is 44.0 Å². The number of rotatable bonds is 5. The Bertz CT molecular complexity index is 1730. The van der Waals surface area contributed by atoms with Crippen LogP contribution in [-0.4, -0.2) is 59.1 Å². The van der Waals surface area contributed by atoms with Crippen LogP contribution in [0.5, 0.6) is 0 Å². The second-order valence-electron chi connectivity index (χ2n) is 9.98. The molecule has 5 aromatic rings. The number of hydrogen-bond donors (Lipinski definition) is 1. The minimum Gasteiger partial charge on any atom is -0.377 e. The van der Waals surface area contributed by atoms with Crippen LogP contribution in [0, 0.1) is 6.92 Å². The third kappa shape index (κ3) is 3.87. The molecule has 0 aliphatic carbocycles. The summed E-state index contributed by atoms with van der Waals surface area (Å²) in [5.74, 6) is 0.483. The summed E-state index contributed by atoms with van der Waals surface area (Å²) >= 11 is 6.23. The molecule has 1 fully saturated rings. The van der Waals surface area contributed by atoms with E-state index in [1.54, 1.807) is 21.6 Å². The molecule has 1 unspecified atom stereocenters. The molecule has 6 rings (SSSR count). The van der Waals surface area contributed by atoms with Crippen molar-refractivity contribution in [1.29, 1.82) is 0 Å². The molecule has 0 saturated carbocycles. The molecule has 4 aromatic heterocycles. The number of anilines is 1. The molecule has 1 aliphatic heterocycles. The molecule has 0 bridgehead atoms. The van der Waals surface area contributed by atoms with Crippen molar-refractivity contribution in [2.75, 3.05) is 25.5 Å². The smallest absolute Gasteiger partial charge is 0.259 e. The Morgan fingerprint density at radius 3 is 2.62 bits per heavy atom. The number of hydrogen-bond acceptors (Lipinski definition) is 7. The van der Waals surface area contributed by atoms with Crippen molar-refractivity contribution in [3.63, 3.8) is 0 Å². The van der Waals surface area contributed by atoms with Gasteiger partial charge in [-0.1, -0.05) is 17.7 Å². The van der Waals surface area contributed by atoms with E-state index >= 15 is 0 Å². The summed E-state index contributed by atoms with van der Waals surface area (Å²) in [6.45, 7) is 5.91. The Kier molecular flexibility index (Phi) is 5.54. The molecule has 10 nitrogen and oxygen atoms in total. The Morgan fingerprint density at radius 2 is 1.92 bits per heavy atom. The number of nitrogens with one attached hydrogen (secondary N) is 1. The van der Waals surface area contributed by atoms with Crippen molar-refractivity contribution >= 4 is 39.1 Å². The molecule has 11 heteroatoms. The zero-order valence-electron chi connectivity index (χ0n) is 21.4. The number of likely N-dealkylation sites (N-methyl/N-ethyl adjacent to an activating group) is 1. The molecular formula is C26H28ClN9O. The lowest BCUT2D eigenvalue weighted by molar-refractivity contribution is 0.133. The highest BCUT2D eigenvalue weighted by molar-refractivity contribution is 6.29. The lowest BCUT2D eigenvalue weighted by Gasteiger charge is -2.36. The van der Waals surface area contributed by atoms with Gasteiger partial charge in [-0.25, -0.2) is 14.6 Å². The maximum absolute atomic E-state index is 13.6. The van der Waals surface area contributed by atoms with Crippen LogP contribution in [0.15, 0.2) is 41.6 Å². The van der Waals surface area contributed by atoms with E-state index in [-0.39, 0.29) is 17.6 Å². The standard InChI is InChI=1S/C26H28ClN9O/c1-14-8-17(15(2)30-20-6-7-21(27)31-23(20)24-28-13-34(4)32-24)22-18(9-14)26(37)35(5)25-19(22)10-29-36(25)16-11-33(3)12-16/h6-10,13,15-16,30H,11-12H2,1-5H3. The van der Waals surface area contributed by atoms with Crippen LogP contribution in [0.2, 0.25) is 5.15 Å². The molecular weight excluding hydrogens is 490 g/mol. The zero-order chi connectivity index (χ0) is 26.0. The highest BCUT2D eigenvalue weighted by Gasteiger charge is 2.29. The van der Waals surface area contributed by atoms with Crippen LogP contribution in [0.4, 0.5) is 5.69 Å². The first kappa shape index (κ1) is 23.6. The summed E-state index contributed by atoms with van der Waals surface area (Å²) < 4.78 is 5.37. The first-order valence-electron chi connectivity index (χ1n) is 12.2. The zero-order valence-corrected chi connectivity index (χ0v) is 22.2. The molecule has 1 aliphatic rings. The summed E-state index contributed by atoms with van der Waals surface area (Å²) in [7, 11) is 5.73. The Labute approximate surface area is 218 Å². The number of nitrogens with zero attached hydrogens (tertiary/aromatic N) is 8. The summed E-state index contributed by atoms with van der Waals surface area (Å²) in [4.78, 5) is 24.7. The van der Waals surface area contributed by atoms with Gasteiger partial charge in [-0.3, -0.25) is 14.0 Å². The Balaban J connectivity index is 1.51. The van der Waals surface area contributed by atoms with Gasteiger partial charge in [0.2, 0.25) is 5.82 Å². The van der Waals surface area contributed by atoms with Crippen LogP contribution in [0.25, 0.3) is 33.3 Å². The molecule has 0 spiro atoms. The van der Waals surface area contributed by atoms with Crippen molar-refractivity contribution in [3.8, 4) is 11.5 Å². The van der Waals surface area contributed by atoms with Gasteiger partial charge >= 0.3 is 0 Å². The van der Waals surface area contributed by atoms with Crippen molar-refractivity contribution in [3.05, 3.63) is 63.4 Å². The van der Waals surface area contributed by atoms with Gasteiger partial charge in [0.15, 0.2) is 0 Å². The number of fused-ring (bicyclic) bond motifs is 3. The summed E-state index contributed by atoms with van der Waals surface area (Å²) in [5, 5.41) is 15.7. The van der Waals surface area contributed by atoms with Crippen molar-refractivity contribution < 1.29 is 0 Å². The second-order valence-corrected chi connectivity index (χ2v) is 10.4. The minimum atomic E-state index is -0.165. The Hall–Kier alpha value is -3.76. The van der Waals surface area contributed by atoms with Crippen LogP contribution < -0.4 is 10.9 Å². The fourth-order valence-electron chi connectivity index (χ4n) is 5.34. The monoisotopic (exact) mass is 517 g/mol. The third-order valence-corrected chi connectivity index (χ3v) is 7.32. The number of halogens is 1. The number of pyridine rings is 2. The van der Waals surface area contributed by atoms with E-state index in [9.17, 15) is 4.79 Å². The third-order valence-electron chi connectivity index (χ3n) is 7.11. The minimum absolute atomic E-state index is 0.0272. The van der Waals surface area contributed by atoms with Gasteiger partial charge in [0, 0.05) is 49.4 Å². The largest absolute Gasteiger partial charge is 0.377 e. The molecule has 0 radical (unpaired) electrons. The fourth-order valence-corrected chi connectivity index (χ4v) is 5.49. The average Bonchev–Trinajstić information content (AvgIpc) is 3.47. The summed E-state index contributed by atoms with van der Waals surface area (Å²) in [6, 6.07) is 7.81. The van der Waals surface area contributed by atoms with E-state index < -0.39 is 0 Å². The number of aryl methyl sites for hydroxylation is 3. The van der Waals surface area contributed by atoms with Crippen LogP contribution in [0.3, 0.4) is 0 Å².